The molecular formula is C20H25N3O5S. The van der Waals surface area contributed by atoms with Gasteiger partial charge in [0, 0.05) is 44.9 Å². The number of rotatable bonds is 7. The zero-order valence-electron chi connectivity index (χ0n) is 16.6. The molecule has 2 aromatic carbocycles. The van der Waals surface area contributed by atoms with Gasteiger partial charge >= 0.3 is 0 Å². The fourth-order valence-electron chi connectivity index (χ4n) is 3.39. The number of nitro groups is 1. The lowest BCUT2D eigenvalue weighted by Crippen LogP contribution is -2.49. The first-order valence-electron chi connectivity index (χ1n) is 9.44. The van der Waals surface area contributed by atoms with Gasteiger partial charge in [-0.3, -0.25) is 15.0 Å². The van der Waals surface area contributed by atoms with E-state index in [1.54, 1.807) is 0 Å². The molecule has 29 heavy (non-hydrogen) atoms. The van der Waals surface area contributed by atoms with Crippen LogP contribution in [0, 0.1) is 24.0 Å². The fraction of sp³-hybridized carbons (Fsp3) is 0.400. The molecule has 1 aliphatic heterocycles. The van der Waals surface area contributed by atoms with Crippen molar-refractivity contribution in [2.24, 2.45) is 0 Å². The third kappa shape index (κ3) is 5.31. The Kier molecular flexibility index (Phi) is 6.51. The van der Waals surface area contributed by atoms with Gasteiger partial charge in [0.05, 0.1) is 9.82 Å². The molecule has 0 spiro atoms. The van der Waals surface area contributed by atoms with Crippen LogP contribution in [0.2, 0.25) is 0 Å². The van der Waals surface area contributed by atoms with Gasteiger partial charge in [-0.15, -0.1) is 0 Å². The number of benzene rings is 2. The van der Waals surface area contributed by atoms with Crippen molar-refractivity contribution in [3.8, 4) is 5.75 Å². The van der Waals surface area contributed by atoms with E-state index < -0.39 is 14.9 Å². The van der Waals surface area contributed by atoms with Crippen LogP contribution in [-0.2, 0) is 10.0 Å². The van der Waals surface area contributed by atoms with Gasteiger partial charge in [-0.25, -0.2) is 8.42 Å². The largest absolute Gasteiger partial charge is 0.492 e. The number of piperazine rings is 1. The minimum atomic E-state index is -3.65. The van der Waals surface area contributed by atoms with Gasteiger partial charge in [0.1, 0.15) is 12.4 Å². The second-order valence-electron chi connectivity index (χ2n) is 7.17. The van der Waals surface area contributed by atoms with Gasteiger partial charge < -0.3 is 4.74 Å². The molecule has 0 aromatic heterocycles. The Bertz CT molecular complexity index is 948. The van der Waals surface area contributed by atoms with Crippen LogP contribution in [0.3, 0.4) is 0 Å². The van der Waals surface area contributed by atoms with E-state index in [0.717, 1.165) is 23.4 Å². The van der Waals surface area contributed by atoms with Crippen LogP contribution in [0.5, 0.6) is 5.75 Å². The monoisotopic (exact) mass is 419 g/mol. The summed E-state index contributed by atoms with van der Waals surface area (Å²) in [5.74, 6) is 0.849. The fourth-order valence-corrected chi connectivity index (χ4v) is 4.81. The first-order chi connectivity index (χ1) is 13.8. The maximum atomic E-state index is 12.8. The first-order valence-corrected chi connectivity index (χ1v) is 10.9. The lowest BCUT2D eigenvalue weighted by Gasteiger charge is -2.33. The zero-order valence-corrected chi connectivity index (χ0v) is 17.4. The number of aryl methyl sites for hydroxylation is 2. The summed E-state index contributed by atoms with van der Waals surface area (Å²) in [6.45, 7) is 7.31. The van der Waals surface area contributed by atoms with E-state index >= 15 is 0 Å². The quantitative estimate of drug-likeness (QED) is 0.506. The second-order valence-corrected chi connectivity index (χ2v) is 9.11. The molecular weight excluding hydrogens is 394 g/mol. The Morgan fingerprint density at radius 3 is 2.14 bits per heavy atom. The molecule has 0 saturated carbocycles. The van der Waals surface area contributed by atoms with Gasteiger partial charge in [-0.1, -0.05) is 6.07 Å². The van der Waals surface area contributed by atoms with Gasteiger partial charge in [-0.2, -0.15) is 4.31 Å². The number of nitro benzene ring substituents is 1. The molecule has 1 aliphatic rings. The molecule has 1 heterocycles. The Hall–Kier alpha value is -2.49. The number of hydrogen-bond donors (Lipinski definition) is 0. The van der Waals surface area contributed by atoms with Crippen molar-refractivity contribution < 1.29 is 18.1 Å². The predicted molar refractivity (Wildman–Crippen MR) is 110 cm³/mol. The molecule has 0 N–H and O–H groups in total. The summed E-state index contributed by atoms with van der Waals surface area (Å²) in [6, 6.07) is 11.1. The number of sulfonamides is 1. The summed E-state index contributed by atoms with van der Waals surface area (Å²) >= 11 is 0. The molecule has 1 saturated heterocycles. The summed E-state index contributed by atoms with van der Waals surface area (Å²) in [5, 5.41) is 10.7. The Morgan fingerprint density at radius 2 is 1.59 bits per heavy atom. The van der Waals surface area contributed by atoms with E-state index in [0.29, 0.717) is 32.8 Å². The third-order valence-electron chi connectivity index (χ3n) is 4.89. The van der Waals surface area contributed by atoms with Crippen molar-refractivity contribution in [3.63, 3.8) is 0 Å². The zero-order chi connectivity index (χ0) is 21.0. The molecule has 0 radical (unpaired) electrons. The Labute approximate surface area is 170 Å². The summed E-state index contributed by atoms with van der Waals surface area (Å²) < 4.78 is 32.8. The number of nitrogens with zero attached hydrogens (tertiary/aromatic N) is 3. The topological polar surface area (TPSA) is 93.0 Å². The molecule has 0 unspecified atom stereocenters. The second kappa shape index (κ2) is 8.89. The van der Waals surface area contributed by atoms with E-state index in [1.807, 2.05) is 26.0 Å². The molecule has 0 amide bonds. The summed E-state index contributed by atoms with van der Waals surface area (Å²) in [5.41, 5.74) is 2.19. The van der Waals surface area contributed by atoms with Crippen LogP contribution in [0.25, 0.3) is 0 Å². The van der Waals surface area contributed by atoms with Crippen molar-refractivity contribution in [2.75, 3.05) is 39.3 Å². The van der Waals surface area contributed by atoms with Gasteiger partial charge in [0.25, 0.3) is 5.69 Å². The van der Waals surface area contributed by atoms with Crippen LogP contribution in [0.1, 0.15) is 11.1 Å². The molecule has 9 heteroatoms. The minimum Gasteiger partial charge on any atom is -0.492 e. The van der Waals surface area contributed by atoms with Gasteiger partial charge in [-0.05, 0) is 49.2 Å². The van der Waals surface area contributed by atoms with E-state index in [2.05, 4.69) is 11.0 Å². The van der Waals surface area contributed by atoms with E-state index in [-0.39, 0.29) is 10.6 Å². The number of hydrogen-bond acceptors (Lipinski definition) is 6. The average molecular weight is 420 g/mol. The van der Waals surface area contributed by atoms with Crippen LogP contribution >= 0.6 is 0 Å². The van der Waals surface area contributed by atoms with Crippen LogP contribution < -0.4 is 4.74 Å². The standard InChI is InChI=1S/C20H25N3O5S/c1-16-13-17(2)15-19(14-16)28-12-11-21-7-9-22(10-8-21)29(26,27)20-5-3-18(4-6-20)23(24)25/h3-6,13-15H,7-12H2,1-2H3. The molecule has 1 fully saturated rings. The maximum Gasteiger partial charge on any atom is 0.269 e. The molecule has 156 valence electrons. The molecule has 0 bridgehead atoms. The van der Waals surface area contributed by atoms with Crippen molar-refractivity contribution in [1.82, 2.24) is 9.21 Å². The van der Waals surface area contributed by atoms with Gasteiger partial charge in [0.2, 0.25) is 10.0 Å². The lowest BCUT2D eigenvalue weighted by molar-refractivity contribution is -0.384. The van der Waals surface area contributed by atoms with Crippen LogP contribution in [-0.4, -0.2) is 61.9 Å². The Balaban J connectivity index is 1.51. The van der Waals surface area contributed by atoms with E-state index in [1.165, 1.54) is 28.6 Å². The molecule has 0 atom stereocenters. The van der Waals surface area contributed by atoms with E-state index in [4.69, 9.17) is 4.74 Å². The minimum absolute atomic E-state index is 0.0784. The smallest absolute Gasteiger partial charge is 0.269 e. The molecule has 3 rings (SSSR count). The normalized spacial score (nSPS) is 15.9. The summed E-state index contributed by atoms with van der Waals surface area (Å²) in [4.78, 5) is 12.4. The average Bonchev–Trinajstić information content (AvgIpc) is 2.68. The third-order valence-corrected chi connectivity index (χ3v) is 6.80. The maximum absolute atomic E-state index is 12.8. The molecule has 2 aromatic rings. The SMILES string of the molecule is Cc1cc(C)cc(OCCN2CCN(S(=O)(=O)c3ccc([N+](=O)[O-])cc3)CC2)c1. The number of non-ortho nitro benzene ring substituents is 1. The van der Waals surface area contributed by atoms with Crippen molar-refractivity contribution in [3.05, 3.63) is 63.7 Å². The van der Waals surface area contributed by atoms with Crippen LogP contribution in [0.4, 0.5) is 5.69 Å². The molecule has 8 nitrogen and oxygen atoms in total. The highest BCUT2D eigenvalue weighted by Gasteiger charge is 2.28. The Morgan fingerprint density at radius 1 is 1.00 bits per heavy atom. The van der Waals surface area contributed by atoms with Gasteiger partial charge in [0.15, 0.2) is 0 Å². The summed E-state index contributed by atoms with van der Waals surface area (Å²) in [7, 11) is -3.65. The first kappa shape index (κ1) is 21.2. The van der Waals surface area contributed by atoms with Crippen LogP contribution in [0.15, 0.2) is 47.4 Å². The highest BCUT2D eigenvalue weighted by Crippen LogP contribution is 2.21. The van der Waals surface area contributed by atoms with Crippen molar-refractivity contribution in [1.29, 1.82) is 0 Å². The lowest BCUT2D eigenvalue weighted by atomic mass is 10.1. The summed E-state index contributed by atoms with van der Waals surface area (Å²) in [6.07, 6.45) is 0. The predicted octanol–water partition coefficient (Wildman–Crippen LogP) is 2.60. The van der Waals surface area contributed by atoms with Crippen molar-refractivity contribution in [2.45, 2.75) is 18.7 Å². The van der Waals surface area contributed by atoms with E-state index in [9.17, 15) is 18.5 Å². The van der Waals surface area contributed by atoms with Crippen molar-refractivity contribution >= 4 is 15.7 Å². The highest BCUT2D eigenvalue weighted by atomic mass is 32.2. The highest BCUT2D eigenvalue weighted by molar-refractivity contribution is 7.89. The molecule has 0 aliphatic carbocycles. The number of ether oxygens (including phenoxy) is 1.